The van der Waals surface area contributed by atoms with Crippen molar-refractivity contribution in [3.05, 3.63) is 42.2 Å². The van der Waals surface area contributed by atoms with E-state index in [4.69, 9.17) is 0 Å². The number of rotatable bonds is 6. The van der Waals surface area contributed by atoms with E-state index in [9.17, 15) is 4.79 Å². The standard InChI is InChI=1S/C15H20N4OS/c1-11(13-7-5-4-6-8-13)9-16-14(20)12(2)21-15-18-17-10-19(15)3/h4-8,10-12H,9H2,1-3H3,(H,16,20)/t11-,12+/m0/s1. The molecule has 0 aliphatic rings. The molecule has 1 aromatic carbocycles. The monoisotopic (exact) mass is 304 g/mol. The normalized spacial score (nSPS) is 13.7. The first kappa shape index (κ1) is 15.6. The molecular formula is C15H20N4OS. The molecule has 0 aliphatic carbocycles. The Hall–Kier alpha value is -1.82. The van der Waals surface area contributed by atoms with E-state index in [1.807, 2.05) is 32.2 Å². The molecule has 2 atom stereocenters. The molecule has 0 unspecified atom stereocenters. The highest BCUT2D eigenvalue weighted by atomic mass is 32.2. The number of aryl methyl sites for hydroxylation is 1. The lowest BCUT2D eigenvalue weighted by molar-refractivity contribution is -0.120. The third kappa shape index (κ3) is 4.32. The number of nitrogens with one attached hydrogen (secondary N) is 1. The Kier molecular flexibility index (Phi) is 5.38. The highest BCUT2D eigenvalue weighted by Crippen LogP contribution is 2.20. The molecule has 0 fully saturated rings. The summed E-state index contributed by atoms with van der Waals surface area (Å²) in [6, 6.07) is 10.2. The largest absolute Gasteiger partial charge is 0.355 e. The molecule has 2 aromatic rings. The Labute approximate surface area is 129 Å². The first-order chi connectivity index (χ1) is 10.1. The van der Waals surface area contributed by atoms with Crippen molar-refractivity contribution in [2.75, 3.05) is 6.54 Å². The first-order valence-corrected chi connectivity index (χ1v) is 7.79. The molecule has 0 saturated carbocycles. The van der Waals surface area contributed by atoms with Crippen LogP contribution in [-0.2, 0) is 11.8 Å². The lowest BCUT2D eigenvalue weighted by Gasteiger charge is -2.15. The van der Waals surface area contributed by atoms with Crippen LogP contribution in [-0.4, -0.2) is 32.5 Å². The van der Waals surface area contributed by atoms with Gasteiger partial charge in [0.25, 0.3) is 0 Å². The summed E-state index contributed by atoms with van der Waals surface area (Å²) < 4.78 is 1.81. The second-order valence-corrected chi connectivity index (χ2v) is 6.35. The van der Waals surface area contributed by atoms with E-state index in [-0.39, 0.29) is 11.2 Å². The predicted octanol–water partition coefficient (Wildman–Crippen LogP) is 2.22. The summed E-state index contributed by atoms with van der Waals surface area (Å²) in [5, 5.41) is 11.3. The Morgan fingerprint density at radius 3 is 2.67 bits per heavy atom. The third-order valence-corrected chi connectivity index (χ3v) is 4.42. The van der Waals surface area contributed by atoms with Gasteiger partial charge in [0.05, 0.1) is 5.25 Å². The average molecular weight is 304 g/mol. The van der Waals surface area contributed by atoms with E-state index in [2.05, 4.69) is 34.6 Å². The lowest BCUT2D eigenvalue weighted by atomic mass is 10.0. The van der Waals surface area contributed by atoms with Crippen LogP contribution in [0.4, 0.5) is 0 Å². The number of hydrogen-bond donors (Lipinski definition) is 1. The van der Waals surface area contributed by atoms with Crippen molar-refractivity contribution in [3.63, 3.8) is 0 Å². The number of thioether (sulfide) groups is 1. The van der Waals surface area contributed by atoms with Gasteiger partial charge in [0, 0.05) is 13.6 Å². The van der Waals surface area contributed by atoms with Crippen molar-refractivity contribution < 1.29 is 4.79 Å². The molecule has 6 heteroatoms. The number of aromatic nitrogens is 3. The van der Waals surface area contributed by atoms with E-state index in [0.717, 1.165) is 5.16 Å². The quantitative estimate of drug-likeness (QED) is 0.831. The van der Waals surface area contributed by atoms with E-state index in [0.29, 0.717) is 12.5 Å². The molecule has 1 heterocycles. The van der Waals surface area contributed by atoms with Crippen LogP contribution >= 0.6 is 11.8 Å². The molecule has 0 bridgehead atoms. The lowest BCUT2D eigenvalue weighted by Crippen LogP contribution is -2.33. The first-order valence-electron chi connectivity index (χ1n) is 6.91. The molecule has 5 nitrogen and oxygen atoms in total. The highest BCUT2D eigenvalue weighted by molar-refractivity contribution is 8.00. The summed E-state index contributed by atoms with van der Waals surface area (Å²) in [6.07, 6.45) is 1.63. The molecule has 21 heavy (non-hydrogen) atoms. The molecule has 0 spiro atoms. The van der Waals surface area contributed by atoms with Crippen LogP contribution in [0, 0.1) is 0 Å². The minimum Gasteiger partial charge on any atom is -0.355 e. The number of amides is 1. The molecule has 1 amide bonds. The van der Waals surface area contributed by atoms with E-state index in [1.54, 1.807) is 10.9 Å². The molecule has 0 aliphatic heterocycles. The highest BCUT2D eigenvalue weighted by Gasteiger charge is 2.17. The fourth-order valence-electron chi connectivity index (χ4n) is 1.89. The molecule has 1 aromatic heterocycles. The molecule has 112 valence electrons. The van der Waals surface area contributed by atoms with E-state index in [1.165, 1.54) is 17.3 Å². The van der Waals surface area contributed by atoms with Crippen LogP contribution in [0.5, 0.6) is 0 Å². The molecular weight excluding hydrogens is 284 g/mol. The topological polar surface area (TPSA) is 59.8 Å². The van der Waals surface area contributed by atoms with Crippen LogP contribution < -0.4 is 5.32 Å². The Balaban J connectivity index is 1.83. The van der Waals surface area contributed by atoms with Crippen molar-refractivity contribution in [2.45, 2.75) is 30.2 Å². The maximum absolute atomic E-state index is 12.1. The smallest absolute Gasteiger partial charge is 0.233 e. The maximum atomic E-state index is 12.1. The summed E-state index contributed by atoms with van der Waals surface area (Å²) in [7, 11) is 1.87. The SMILES string of the molecule is C[C@@H](Sc1nncn1C)C(=O)NC[C@H](C)c1ccccc1. The second-order valence-electron chi connectivity index (χ2n) is 5.04. The number of nitrogens with zero attached hydrogens (tertiary/aromatic N) is 3. The van der Waals surface area contributed by atoms with Crippen LogP contribution in [0.15, 0.2) is 41.8 Å². The summed E-state index contributed by atoms with van der Waals surface area (Å²) in [5.74, 6) is 0.313. The predicted molar refractivity (Wildman–Crippen MR) is 84.2 cm³/mol. The fourth-order valence-corrected chi connectivity index (χ4v) is 2.70. The summed E-state index contributed by atoms with van der Waals surface area (Å²) in [4.78, 5) is 12.1. The Morgan fingerprint density at radius 1 is 1.33 bits per heavy atom. The minimum atomic E-state index is -0.198. The van der Waals surface area contributed by atoms with Gasteiger partial charge < -0.3 is 9.88 Å². The van der Waals surface area contributed by atoms with Gasteiger partial charge in [-0.1, -0.05) is 49.0 Å². The van der Waals surface area contributed by atoms with E-state index >= 15 is 0 Å². The number of carbonyl (C=O) groups excluding carboxylic acids is 1. The fraction of sp³-hybridized carbons (Fsp3) is 0.400. The van der Waals surface area contributed by atoms with Crippen LogP contribution in [0.1, 0.15) is 25.3 Å². The van der Waals surface area contributed by atoms with Crippen LogP contribution in [0.2, 0.25) is 0 Å². The van der Waals surface area contributed by atoms with Crippen LogP contribution in [0.25, 0.3) is 0 Å². The van der Waals surface area contributed by atoms with Gasteiger partial charge in [-0.3, -0.25) is 4.79 Å². The molecule has 0 radical (unpaired) electrons. The summed E-state index contributed by atoms with van der Waals surface area (Å²) >= 11 is 1.41. The Bertz CT molecular complexity index is 584. The maximum Gasteiger partial charge on any atom is 0.233 e. The van der Waals surface area contributed by atoms with Crippen molar-refractivity contribution in [2.24, 2.45) is 7.05 Å². The van der Waals surface area contributed by atoms with Gasteiger partial charge in [0.15, 0.2) is 5.16 Å². The Morgan fingerprint density at radius 2 is 2.05 bits per heavy atom. The average Bonchev–Trinajstić information content (AvgIpc) is 2.90. The van der Waals surface area contributed by atoms with Gasteiger partial charge in [-0.15, -0.1) is 10.2 Å². The van der Waals surface area contributed by atoms with Gasteiger partial charge in [0.2, 0.25) is 5.91 Å². The van der Waals surface area contributed by atoms with Gasteiger partial charge in [-0.25, -0.2) is 0 Å². The number of hydrogen-bond acceptors (Lipinski definition) is 4. The van der Waals surface area contributed by atoms with E-state index < -0.39 is 0 Å². The number of carbonyl (C=O) groups is 1. The van der Waals surface area contributed by atoms with Crippen molar-refractivity contribution >= 4 is 17.7 Å². The molecule has 1 N–H and O–H groups in total. The summed E-state index contributed by atoms with van der Waals surface area (Å²) in [6.45, 7) is 4.62. The van der Waals surface area contributed by atoms with Crippen molar-refractivity contribution in [1.82, 2.24) is 20.1 Å². The van der Waals surface area contributed by atoms with Gasteiger partial charge >= 0.3 is 0 Å². The van der Waals surface area contributed by atoms with Gasteiger partial charge in [-0.05, 0) is 18.4 Å². The third-order valence-electron chi connectivity index (χ3n) is 3.27. The van der Waals surface area contributed by atoms with Gasteiger partial charge in [0.1, 0.15) is 6.33 Å². The van der Waals surface area contributed by atoms with Crippen molar-refractivity contribution in [3.8, 4) is 0 Å². The zero-order valence-electron chi connectivity index (χ0n) is 12.5. The second kappa shape index (κ2) is 7.26. The van der Waals surface area contributed by atoms with Crippen molar-refractivity contribution in [1.29, 1.82) is 0 Å². The minimum absolute atomic E-state index is 0.0192. The van der Waals surface area contributed by atoms with Gasteiger partial charge in [-0.2, -0.15) is 0 Å². The molecule has 2 rings (SSSR count). The summed E-state index contributed by atoms with van der Waals surface area (Å²) in [5.41, 5.74) is 1.23. The number of benzene rings is 1. The van der Waals surface area contributed by atoms with Crippen LogP contribution in [0.3, 0.4) is 0 Å². The molecule has 0 saturated heterocycles. The zero-order chi connectivity index (χ0) is 15.2. The zero-order valence-corrected chi connectivity index (χ0v) is 13.3.